The third kappa shape index (κ3) is 3.37. The molecule has 0 aromatic carbocycles. The Morgan fingerprint density at radius 2 is 2.00 bits per heavy atom. The van der Waals surface area contributed by atoms with Crippen LogP contribution in [0.1, 0.15) is 20.8 Å². The van der Waals surface area contributed by atoms with E-state index in [0.29, 0.717) is 6.04 Å². The topological polar surface area (TPSA) is 24.8 Å². The van der Waals surface area contributed by atoms with E-state index in [2.05, 4.69) is 12.0 Å². The maximum atomic E-state index is 5.16. The zero-order valence-corrected chi connectivity index (χ0v) is 8.03. The highest BCUT2D eigenvalue weighted by molar-refractivity contribution is 5.52. The van der Waals surface area contributed by atoms with E-state index in [1.54, 1.807) is 13.3 Å². The normalized spacial score (nSPS) is 16.8. The molecule has 0 radical (unpaired) electrons. The summed E-state index contributed by atoms with van der Waals surface area (Å²) >= 11 is 0. The highest BCUT2D eigenvalue weighted by atomic mass is 16.5. The Balaban J connectivity index is 3.90. The number of ether oxygens (including phenoxy) is 1. The number of hydrogen-bond acceptors (Lipinski definition) is 3. The Labute approximate surface area is 69.0 Å². The van der Waals surface area contributed by atoms with Crippen molar-refractivity contribution in [2.45, 2.75) is 32.9 Å². The largest absolute Gasteiger partial charge is 0.380 e. The smallest absolute Gasteiger partial charge is 0.0760 e. The van der Waals surface area contributed by atoms with E-state index in [0.717, 1.165) is 0 Å². The summed E-state index contributed by atoms with van der Waals surface area (Å²) < 4.78 is 5.16. The summed E-state index contributed by atoms with van der Waals surface area (Å²) in [5, 5.41) is 6.02. The van der Waals surface area contributed by atoms with Crippen LogP contribution in [0.15, 0.2) is 5.10 Å². The second-order valence-electron chi connectivity index (χ2n) is 2.63. The molecule has 2 atom stereocenters. The molecule has 0 aliphatic heterocycles. The number of hydrazone groups is 1. The Hall–Kier alpha value is -0.570. The number of hydrogen-bond donors (Lipinski definition) is 0. The molecule has 0 aromatic rings. The maximum Gasteiger partial charge on any atom is 0.0760 e. The van der Waals surface area contributed by atoms with E-state index in [1.807, 2.05) is 25.9 Å². The molecule has 3 heteroatoms. The first-order chi connectivity index (χ1) is 5.13. The molecule has 0 spiro atoms. The first kappa shape index (κ1) is 10.4. The molecule has 0 saturated heterocycles. The van der Waals surface area contributed by atoms with Gasteiger partial charge in [0.1, 0.15) is 0 Å². The van der Waals surface area contributed by atoms with Crippen molar-refractivity contribution in [1.29, 1.82) is 0 Å². The molecule has 0 rings (SSSR count). The second kappa shape index (κ2) is 5.13. The Morgan fingerprint density at radius 3 is 2.36 bits per heavy atom. The molecule has 0 aliphatic rings. The predicted octanol–water partition coefficient (Wildman–Crippen LogP) is 1.35. The summed E-state index contributed by atoms with van der Waals surface area (Å²) in [5.74, 6) is 0. The van der Waals surface area contributed by atoms with E-state index < -0.39 is 0 Å². The van der Waals surface area contributed by atoms with Gasteiger partial charge in [0.15, 0.2) is 0 Å². The van der Waals surface area contributed by atoms with E-state index >= 15 is 0 Å². The average Bonchev–Trinajstić information content (AvgIpc) is 2.02. The molecule has 0 saturated carbocycles. The Kier molecular flexibility index (Phi) is 4.86. The minimum atomic E-state index is 0.212. The molecule has 0 heterocycles. The highest BCUT2D eigenvalue weighted by Crippen LogP contribution is 2.03. The molecule has 66 valence electrons. The fraction of sp³-hybridized carbons (Fsp3) is 0.875. The molecule has 3 nitrogen and oxygen atoms in total. The maximum absolute atomic E-state index is 5.16. The van der Waals surface area contributed by atoms with Crippen molar-refractivity contribution in [1.82, 2.24) is 5.01 Å². The van der Waals surface area contributed by atoms with Gasteiger partial charge in [0.2, 0.25) is 0 Å². The zero-order valence-electron chi connectivity index (χ0n) is 8.03. The quantitative estimate of drug-likeness (QED) is 0.455. The van der Waals surface area contributed by atoms with Crippen molar-refractivity contribution in [2.75, 3.05) is 14.2 Å². The average molecular weight is 158 g/mol. The van der Waals surface area contributed by atoms with Gasteiger partial charge < -0.3 is 4.74 Å². The van der Waals surface area contributed by atoms with Crippen LogP contribution < -0.4 is 0 Å². The molecule has 11 heavy (non-hydrogen) atoms. The van der Waals surface area contributed by atoms with Gasteiger partial charge in [-0.1, -0.05) is 0 Å². The molecule has 0 amide bonds. The van der Waals surface area contributed by atoms with Gasteiger partial charge in [0, 0.05) is 20.4 Å². The summed E-state index contributed by atoms with van der Waals surface area (Å²) in [6, 6.07) is 0.316. The molecular weight excluding hydrogens is 140 g/mol. The lowest BCUT2D eigenvalue weighted by molar-refractivity contribution is 0.0454. The highest BCUT2D eigenvalue weighted by Gasteiger charge is 2.13. The SMILES string of the molecule is C/C=N\N(C)C(C)[C@H](C)OC. The predicted molar refractivity (Wildman–Crippen MR) is 47.9 cm³/mol. The third-order valence-corrected chi connectivity index (χ3v) is 1.94. The molecule has 0 aliphatic carbocycles. The third-order valence-electron chi connectivity index (χ3n) is 1.94. The minimum absolute atomic E-state index is 0.212. The number of likely N-dealkylation sites (N-methyl/N-ethyl adjacent to an activating group) is 1. The van der Waals surface area contributed by atoms with Crippen LogP contribution in [0.4, 0.5) is 0 Å². The summed E-state index contributed by atoms with van der Waals surface area (Å²) in [4.78, 5) is 0. The summed E-state index contributed by atoms with van der Waals surface area (Å²) in [7, 11) is 3.66. The van der Waals surface area contributed by atoms with Crippen molar-refractivity contribution >= 4 is 6.21 Å². The van der Waals surface area contributed by atoms with Gasteiger partial charge in [-0.2, -0.15) is 5.10 Å². The van der Waals surface area contributed by atoms with Gasteiger partial charge >= 0.3 is 0 Å². The summed E-state index contributed by atoms with van der Waals surface area (Å²) in [5.41, 5.74) is 0. The van der Waals surface area contributed by atoms with E-state index in [1.165, 1.54) is 0 Å². The summed E-state index contributed by atoms with van der Waals surface area (Å²) in [6.07, 6.45) is 1.99. The van der Waals surface area contributed by atoms with Crippen LogP contribution in [0.5, 0.6) is 0 Å². The van der Waals surface area contributed by atoms with Crippen molar-refractivity contribution in [3.8, 4) is 0 Å². The van der Waals surface area contributed by atoms with Gasteiger partial charge in [-0.05, 0) is 20.8 Å². The second-order valence-corrected chi connectivity index (χ2v) is 2.63. The van der Waals surface area contributed by atoms with Gasteiger partial charge in [0.25, 0.3) is 0 Å². The molecule has 1 unspecified atom stereocenters. The number of methoxy groups -OCH3 is 1. The van der Waals surface area contributed by atoms with Crippen LogP contribution in [-0.4, -0.2) is 37.5 Å². The lowest BCUT2D eigenvalue weighted by atomic mass is 10.2. The minimum Gasteiger partial charge on any atom is -0.380 e. The van der Waals surface area contributed by atoms with E-state index in [-0.39, 0.29) is 6.10 Å². The van der Waals surface area contributed by atoms with E-state index in [4.69, 9.17) is 4.74 Å². The number of rotatable bonds is 4. The lowest BCUT2D eigenvalue weighted by Crippen LogP contribution is -2.35. The molecular formula is C8H18N2O. The van der Waals surface area contributed by atoms with Crippen LogP contribution in [0.25, 0.3) is 0 Å². The van der Waals surface area contributed by atoms with Crippen molar-refractivity contribution in [2.24, 2.45) is 5.10 Å². The molecule has 0 fully saturated rings. The molecule has 0 bridgehead atoms. The van der Waals surface area contributed by atoms with Crippen LogP contribution >= 0.6 is 0 Å². The molecule has 0 N–H and O–H groups in total. The van der Waals surface area contributed by atoms with Gasteiger partial charge in [0.05, 0.1) is 12.1 Å². The van der Waals surface area contributed by atoms with Crippen LogP contribution in [0, 0.1) is 0 Å². The Bertz CT molecular complexity index is 125. The van der Waals surface area contributed by atoms with Crippen molar-refractivity contribution in [3.05, 3.63) is 0 Å². The standard InChI is InChI=1S/C8H18N2O/c1-6-9-10(4)7(2)8(3)11-5/h6-8H,1-5H3/b9-6-/t7?,8-/m0/s1. The summed E-state index contributed by atoms with van der Waals surface area (Å²) in [6.45, 7) is 6.02. The van der Waals surface area contributed by atoms with Crippen LogP contribution in [0.3, 0.4) is 0 Å². The van der Waals surface area contributed by atoms with Crippen molar-refractivity contribution in [3.63, 3.8) is 0 Å². The monoisotopic (exact) mass is 158 g/mol. The first-order valence-corrected chi connectivity index (χ1v) is 3.87. The van der Waals surface area contributed by atoms with Crippen molar-refractivity contribution < 1.29 is 4.74 Å². The fourth-order valence-electron chi connectivity index (χ4n) is 0.788. The van der Waals surface area contributed by atoms with Gasteiger partial charge in [-0.3, -0.25) is 5.01 Å². The van der Waals surface area contributed by atoms with Gasteiger partial charge in [-0.25, -0.2) is 0 Å². The fourth-order valence-corrected chi connectivity index (χ4v) is 0.788. The van der Waals surface area contributed by atoms with Crippen LogP contribution in [0.2, 0.25) is 0 Å². The zero-order chi connectivity index (χ0) is 8.85. The van der Waals surface area contributed by atoms with Gasteiger partial charge in [-0.15, -0.1) is 0 Å². The first-order valence-electron chi connectivity index (χ1n) is 3.87. The Morgan fingerprint density at radius 1 is 1.45 bits per heavy atom. The van der Waals surface area contributed by atoms with Crippen LogP contribution in [-0.2, 0) is 4.74 Å². The number of nitrogens with zero attached hydrogens (tertiary/aromatic N) is 2. The molecule has 0 aromatic heterocycles. The van der Waals surface area contributed by atoms with E-state index in [9.17, 15) is 0 Å². The lowest BCUT2D eigenvalue weighted by Gasteiger charge is -2.26.